The molecule has 1 fully saturated rings. The molecule has 1 saturated carbocycles. The average molecular weight is 249 g/mol. The Bertz CT molecular complexity index is 375. The maximum Gasteiger partial charge on any atom is 0.0344 e. The maximum absolute atomic E-state index is 5.87. The summed E-state index contributed by atoms with van der Waals surface area (Å²) >= 11 is 2.06. The fraction of sp³-hybridized carbons (Fsp3) is 0.600. The predicted molar refractivity (Wildman–Crippen MR) is 77.5 cm³/mol. The first-order valence-electron chi connectivity index (χ1n) is 6.73. The molecule has 1 aliphatic carbocycles. The molecule has 0 amide bonds. The van der Waals surface area contributed by atoms with Gasteiger partial charge in [0.1, 0.15) is 0 Å². The molecule has 2 N–H and O–H groups in total. The Morgan fingerprint density at radius 1 is 1.29 bits per heavy atom. The Hall–Kier alpha value is -0.630. The van der Waals surface area contributed by atoms with Gasteiger partial charge in [0.05, 0.1) is 0 Å². The summed E-state index contributed by atoms with van der Waals surface area (Å²) in [6.07, 6.45) is 6.96. The van der Waals surface area contributed by atoms with E-state index >= 15 is 0 Å². The van der Waals surface area contributed by atoms with Gasteiger partial charge in [-0.3, -0.25) is 0 Å². The lowest BCUT2D eigenvalue weighted by molar-refractivity contribution is 0.361. The van der Waals surface area contributed by atoms with Crippen molar-refractivity contribution in [3.63, 3.8) is 0 Å². The van der Waals surface area contributed by atoms with E-state index in [9.17, 15) is 0 Å². The van der Waals surface area contributed by atoms with Crippen LogP contribution in [0.3, 0.4) is 0 Å². The summed E-state index contributed by atoms with van der Waals surface area (Å²) in [7, 11) is 0. The van der Waals surface area contributed by atoms with Gasteiger partial charge in [-0.05, 0) is 49.4 Å². The van der Waals surface area contributed by atoms with Crippen LogP contribution in [0.1, 0.15) is 44.6 Å². The summed E-state index contributed by atoms with van der Waals surface area (Å²) in [4.78, 5) is 1.39. The lowest BCUT2D eigenvalue weighted by Gasteiger charge is -2.30. The summed E-state index contributed by atoms with van der Waals surface area (Å²) in [6.45, 7) is 4.43. The highest BCUT2D eigenvalue weighted by molar-refractivity contribution is 8.00. The largest absolute Gasteiger partial charge is 0.399 e. The van der Waals surface area contributed by atoms with Crippen LogP contribution in [0.2, 0.25) is 0 Å². The van der Waals surface area contributed by atoms with E-state index in [1.165, 1.54) is 42.6 Å². The second-order valence-electron chi connectivity index (χ2n) is 5.13. The first kappa shape index (κ1) is 12.8. The van der Waals surface area contributed by atoms with Crippen LogP contribution in [0.5, 0.6) is 0 Å². The topological polar surface area (TPSA) is 26.0 Å². The standard InChI is InChI=1S/C15H23NS/c1-3-12-6-4-5-7-15(12)17-13-8-9-14(16)11(2)10-13/h8-10,12,15H,3-7,16H2,1-2H3. The molecule has 2 unspecified atom stereocenters. The Morgan fingerprint density at radius 3 is 2.76 bits per heavy atom. The van der Waals surface area contributed by atoms with Gasteiger partial charge in [-0.25, -0.2) is 0 Å². The van der Waals surface area contributed by atoms with Gasteiger partial charge < -0.3 is 5.73 Å². The van der Waals surface area contributed by atoms with Gasteiger partial charge in [0.25, 0.3) is 0 Å². The molecule has 1 aliphatic rings. The van der Waals surface area contributed by atoms with Gasteiger partial charge in [0, 0.05) is 15.8 Å². The number of aryl methyl sites for hydroxylation is 1. The van der Waals surface area contributed by atoms with E-state index in [2.05, 4.69) is 37.7 Å². The third-order valence-electron chi connectivity index (χ3n) is 3.89. The fourth-order valence-electron chi connectivity index (χ4n) is 2.69. The normalized spacial score (nSPS) is 24.8. The fourth-order valence-corrected chi connectivity index (χ4v) is 4.24. The lowest BCUT2D eigenvalue weighted by atomic mass is 9.87. The lowest BCUT2D eigenvalue weighted by Crippen LogP contribution is -2.21. The van der Waals surface area contributed by atoms with Crippen LogP contribution in [-0.2, 0) is 0 Å². The summed E-state index contributed by atoms with van der Waals surface area (Å²) < 4.78 is 0. The van der Waals surface area contributed by atoms with Gasteiger partial charge >= 0.3 is 0 Å². The number of benzene rings is 1. The second-order valence-corrected chi connectivity index (χ2v) is 6.44. The first-order chi connectivity index (χ1) is 8.20. The highest BCUT2D eigenvalue weighted by Gasteiger charge is 2.24. The van der Waals surface area contributed by atoms with Crippen molar-refractivity contribution in [3.05, 3.63) is 23.8 Å². The van der Waals surface area contributed by atoms with E-state index in [-0.39, 0.29) is 0 Å². The van der Waals surface area contributed by atoms with Crippen molar-refractivity contribution in [3.8, 4) is 0 Å². The summed E-state index contributed by atoms with van der Waals surface area (Å²) in [5.41, 5.74) is 7.98. The number of nitrogen functional groups attached to an aromatic ring is 1. The van der Waals surface area contributed by atoms with E-state index < -0.39 is 0 Å². The Kier molecular flexibility index (Phi) is 4.38. The van der Waals surface area contributed by atoms with Gasteiger partial charge in [0.2, 0.25) is 0 Å². The molecule has 0 aromatic heterocycles. The van der Waals surface area contributed by atoms with Crippen LogP contribution in [-0.4, -0.2) is 5.25 Å². The number of anilines is 1. The van der Waals surface area contributed by atoms with E-state index in [0.29, 0.717) is 0 Å². The van der Waals surface area contributed by atoms with Crippen LogP contribution in [0.15, 0.2) is 23.1 Å². The minimum absolute atomic E-state index is 0.816. The number of thioether (sulfide) groups is 1. The van der Waals surface area contributed by atoms with Crippen LogP contribution < -0.4 is 5.73 Å². The number of hydrogen-bond donors (Lipinski definition) is 1. The smallest absolute Gasteiger partial charge is 0.0344 e. The number of rotatable bonds is 3. The zero-order valence-electron chi connectivity index (χ0n) is 10.9. The maximum atomic E-state index is 5.87. The molecule has 0 saturated heterocycles. The highest BCUT2D eigenvalue weighted by atomic mass is 32.2. The Labute approximate surface area is 109 Å². The molecule has 17 heavy (non-hydrogen) atoms. The number of hydrogen-bond acceptors (Lipinski definition) is 2. The van der Waals surface area contributed by atoms with Gasteiger partial charge in [-0.1, -0.05) is 26.2 Å². The average Bonchev–Trinajstić information content (AvgIpc) is 2.34. The quantitative estimate of drug-likeness (QED) is 0.790. The molecule has 0 aliphatic heterocycles. The molecule has 0 radical (unpaired) electrons. The van der Waals surface area contributed by atoms with E-state index in [0.717, 1.165) is 16.9 Å². The van der Waals surface area contributed by atoms with Crippen LogP contribution in [0, 0.1) is 12.8 Å². The van der Waals surface area contributed by atoms with Gasteiger partial charge in [0.15, 0.2) is 0 Å². The molecule has 0 bridgehead atoms. The van der Waals surface area contributed by atoms with E-state index in [4.69, 9.17) is 5.73 Å². The van der Waals surface area contributed by atoms with Crippen LogP contribution in [0.25, 0.3) is 0 Å². The van der Waals surface area contributed by atoms with Crippen LogP contribution in [0.4, 0.5) is 5.69 Å². The van der Waals surface area contributed by atoms with Gasteiger partial charge in [-0.2, -0.15) is 0 Å². The number of nitrogens with two attached hydrogens (primary N) is 1. The molecule has 2 atom stereocenters. The summed E-state index contributed by atoms with van der Waals surface area (Å²) in [6, 6.07) is 6.46. The summed E-state index contributed by atoms with van der Waals surface area (Å²) in [5, 5.41) is 0.816. The molecule has 1 nitrogen and oxygen atoms in total. The third kappa shape index (κ3) is 3.19. The predicted octanol–water partition coefficient (Wildman–Crippen LogP) is 4.64. The van der Waals surface area contributed by atoms with Gasteiger partial charge in [-0.15, -0.1) is 11.8 Å². The minimum atomic E-state index is 0.816. The van der Waals surface area contributed by atoms with Crippen molar-refractivity contribution in [1.29, 1.82) is 0 Å². The monoisotopic (exact) mass is 249 g/mol. The molecule has 94 valence electrons. The van der Waals surface area contributed by atoms with Crippen molar-refractivity contribution in [2.45, 2.75) is 56.1 Å². The molecule has 2 rings (SSSR count). The highest BCUT2D eigenvalue weighted by Crippen LogP contribution is 2.39. The molecular weight excluding hydrogens is 226 g/mol. The molecule has 1 aromatic carbocycles. The van der Waals surface area contributed by atoms with E-state index in [1.54, 1.807) is 0 Å². The SMILES string of the molecule is CCC1CCCCC1Sc1ccc(N)c(C)c1. The molecule has 1 aromatic rings. The van der Waals surface area contributed by atoms with Crippen molar-refractivity contribution >= 4 is 17.4 Å². The zero-order chi connectivity index (χ0) is 12.3. The Morgan fingerprint density at radius 2 is 2.06 bits per heavy atom. The minimum Gasteiger partial charge on any atom is -0.399 e. The Balaban J connectivity index is 2.05. The van der Waals surface area contributed by atoms with Crippen molar-refractivity contribution in [1.82, 2.24) is 0 Å². The van der Waals surface area contributed by atoms with Crippen molar-refractivity contribution in [2.24, 2.45) is 5.92 Å². The molecule has 0 spiro atoms. The summed E-state index contributed by atoms with van der Waals surface area (Å²) in [5.74, 6) is 0.909. The van der Waals surface area contributed by atoms with Crippen molar-refractivity contribution < 1.29 is 0 Å². The zero-order valence-corrected chi connectivity index (χ0v) is 11.7. The second kappa shape index (κ2) is 5.81. The molecular formula is C15H23NS. The first-order valence-corrected chi connectivity index (χ1v) is 7.61. The molecule has 0 heterocycles. The third-order valence-corrected chi connectivity index (χ3v) is 5.34. The van der Waals surface area contributed by atoms with E-state index in [1.807, 2.05) is 6.07 Å². The molecule has 2 heteroatoms. The van der Waals surface area contributed by atoms with Crippen molar-refractivity contribution in [2.75, 3.05) is 5.73 Å². The van der Waals surface area contributed by atoms with Crippen LogP contribution >= 0.6 is 11.8 Å².